The van der Waals surface area contributed by atoms with Crippen LogP contribution in [0.5, 0.6) is 5.88 Å². The Hall–Kier alpha value is -1.36. The Morgan fingerprint density at radius 1 is 1.26 bits per heavy atom. The van der Waals surface area contributed by atoms with Gasteiger partial charge in [0.1, 0.15) is 0 Å². The van der Waals surface area contributed by atoms with E-state index in [-0.39, 0.29) is 0 Å². The molecule has 0 unspecified atom stereocenters. The number of aromatic nitrogens is 2. The molecule has 1 fully saturated rings. The zero-order chi connectivity index (χ0) is 13.8. The van der Waals surface area contributed by atoms with Crippen LogP contribution in [-0.4, -0.2) is 55.2 Å². The lowest BCUT2D eigenvalue weighted by atomic mass is 10.1. The highest BCUT2D eigenvalue weighted by Crippen LogP contribution is 2.20. The molecule has 0 aromatic carbocycles. The van der Waals surface area contributed by atoms with Crippen molar-refractivity contribution in [2.75, 3.05) is 39.2 Å². The van der Waals surface area contributed by atoms with Crippen LogP contribution in [0.3, 0.4) is 0 Å². The number of anilines is 1. The second-order valence-electron chi connectivity index (χ2n) is 5.39. The molecule has 2 heterocycles. The molecule has 2 rings (SSSR count). The zero-order valence-electron chi connectivity index (χ0n) is 12.4. The highest BCUT2D eigenvalue weighted by molar-refractivity contribution is 5.34. The molecule has 0 spiro atoms. The Morgan fingerprint density at radius 3 is 2.74 bits per heavy atom. The van der Waals surface area contributed by atoms with Crippen molar-refractivity contribution in [2.24, 2.45) is 0 Å². The molecule has 19 heavy (non-hydrogen) atoms. The molecule has 1 saturated heterocycles. The van der Waals surface area contributed by atoms with Gasteiger partial charge in [0, 0.05) is 30.9 Å². The third kappa shape index (κ3) is 3.56. The third-order valence-corrected chi connectivity index (χ3v) is 3.74. The predicted molar refractivity (Wildman–Crippen MR) is 76.9 cm³/mol. The quantitative estimate of drug-likeness (QED) is 0.831. The van der Waals surface area contributed by atoms with Crippen molar-refractivity contribution in [3.8, 4) is 5.88 Å². The maximum atomic E-state index is 5.23. The molecule has 5 heteroatoms. The summed E-state index contributed by atoms with van der Waals surface area (Å²) in [7, 11) is 5.97. The molecule has 1 aromatic rings. The zero-order valence-corrected chi connectivity index (χ0v) is 12.4. The fourth-order valence-electron chi connectivity index (χ4n) is 2.57. The Labute approximate surface area is 115 Å². The summed E-state index contributed by atoms with van der Waals surface area (Å²) >= 11 is 0. The molecule has 1 aliphatic rings. The van der Waals surface area contributed by atoms with Crippen LogP contribution in [0.1, 0.15) is 25.0 Å². The van der Waals surface area contributed by atoms with Crippen molar-refractivity contribution >= 4 is 5.95 Å². The summed E-state index contributed by atoms with van der Waals surface area (Å²) in [6.07, 6.45) is 3.58. The summed E-state index contributed by atoms with van der Waals surface area (Å²) in [4.78, 5) is 13.6. The van der Waals surface area contributed by atoms with E-state index in [1.807, 2.05) is 13.0 Å². The van der Waals surface area contributed by atoms with Gasteiger partial charge in [-0.2, -0.15) is 4.98 Å². The van der Waals surface area contributed by atoms with Gasteiger partial charge in [-0.3, -0.25) is 0 Å². The van der Waals surface area contributed by atoms with E-state index in [1.165, 1.54) is 12.8 Å². The minimum atomic E-state index is 0.649. The first-order chi connectivity index (χ1) is 9.10. The molecule has 1 aromatic heterocycles. The molecule has 0 bridgehead atoms. The molecule has 1 atom stereocenters. The summed E-state index contributed by atoms with van der Waals surface area (Å²) in [5, 5.41) is 0. The van der Waals surface area contributed by atoms with Crippen LogP contribution < -0.4 is 9.64 Å². The largest absolute Gasteiger partial charge is 0.481 e. The van der Waals surface area contributed by atoms with Crippen LogP contribution >= 0.6 is 0 Å². The fourth-order valence-corrected chi connectivity index (χ4v) is 2.57. The molecule has 0 aliphatic carbocycles. The van der Waals surface area contributed by atoms with Gasteiger partial charge in [0.05, 0.1) is 7.11 Å². The highest BCUT2D eigenvalue weighted by atomic mass is 16.5. The molecular weight excluding hydrogens is 240 g/mol. The van der Waals surface area contributed by atoms with Gasteiger partial charge < -0.3 is 14.5 Å². The second kappa shape index (κ2) is 6.19. The Kier molecular flexibility index (Phi) is 4.58. The van der Waals surface area contributed by atoms with Crippen molar-refractivity contribution in [2.45, 2.75) is 32.2 Å². The maximum absolute atomic E-state index is 5.23. The fraction of sp³-hybridized carbons (Fsp3) is 0.714. The Morgan fingerprint density at radius 2 is 2.05 bits per heavy atom. The summed E-state index contributed by atoms with van der Waals surface area (Å²) in [6, 6.07) is 2.53. The minimum absolute atomic E-state index is 0.649. The maximum Gasteiger partial charge on any atom is 0.228 e. The lowest BCUT2D eigenvalue weighted by Crippen LogP contribution is -2.30. The van der Waals surface area contributed by atoms with Crippen LogP contribution in [0.2, 0.25) is 0 Å². The molecule has 1 aliphatic heterocycles. The second-order valence-corrected chi connectivity index (χ2v) is 5.39. The number of aryl methyl sites for hydroxylation is 1. The number of nitrogens with zero attached hydrogens (tertiary/aromatic N) is 4. The highest BCUT2D eigenvalue weighted by Gasteiger charge is 2.20. The van der Waals surface area contributed by atoms with Gasteiger partial charge in [0.25, 0.3) is 0 Å². The van der Waals surface area contributed by atoms with Gasteiger partial charge in [0.15, 0.2) is 0 Å². The van der Waals surface area contributed by atoms with E-state index in [0.29, 0.717) is 11.9 Å². The van der Waals surface area contributed by atoms with Crippen LogP contribution in [0.25, 0.3) is 0 Å². The number of hydrogen-bond acceptors (Lipinski definition) is 5. The molecule has 106 valence electrons. The van der Waals surface area contributed by atoms with E-state index in [4.69, 9.17) is 4.74 Å². The number of methoxy groups -OCH3 is 1. The topological polar surface area (TPSA) is 41.5 Å². The molecule has 0 N–H and O–H groups in total. The van der Waals surface area contributed by atoms with Crippen LogP contribution in [-0.2, 0) is 0 Å². The number of rotatable bonds is 3. The molecule has 0 amide bonds. The molecule has 5 nitrogen and oxygen atoms in total. The van der Waals surface area contributed by atoms with E-state index < -0.39 is 0 Å². The van der Waals surface area contributed by atoms with Gasteiger partial charge in [-0.25, -0.2) is 4.98 Å². The van der Waals surface area contributed by atoms with Crippen molar-refractivity contribution in [3.63, 3.8) is 0 Å². The minimum Gasteiger partial charge on any atom is -0.481 e. The first-order valence-corrected chi connectivity index (χ1v) is 6.91. The lowest BCUT2D eigenvalue weighted by Gasteiger charge is -2.23. The smallest absolute Gasteiger partial charge is 0.228 e. The third-order valence-electron chi connectivity index (χ3n) is 3.74. The van der Waals surface area contributed by atoms with Crippen molar-refractivity contribution in [3.05, 3.63) is 11.8 Å². The summed E-state index contributed by atoms with van der Waals surface area (Å²) in [6.45, 7) is 4.01. The van der Waals surface area contributed by atoms with Crippen molar-refractivity contribution in [1.29, 1.82) is 0 Å². The van der Waals surface area contributed by atoms with E-state index >= 15 is 0 Å². The van der Waals surface area contributed by atoms with Gasteiger partial charge >= 0.3 is 0 Å². The molecular formula is C14H24N4O. The molecule has 0 radical (unpaired) electrons. The normalized spacial score (nSPS) is 20.5. The van der Waals surface area contributed by atoms with Gasteiger partial charge in [-0.15, -0.1) is 0 Å². The van der Waals surface area contributed by atoms with E-state index in [1.54, 1.807) is 7.11 Å². The predicted octanol–water partition coefficient (Wildman–Crippen LogP) is 1.71. The first-order valence-electron chi connectivity index (χ1n) is 6.91. The first kappa shape index (κ1) is 14.1. The standard InChI is InChI=1S/C14H24N4O/c1-11-10-13(19-4)16-14(15-11)18-8-5-6-12(7-9-18)17(2)3/h10,12H,5-9H2,1-4H3/t12-/m0/s1. The van der Waals surface area contributed by atoms with Gasteiger partial charge in [-0.1, -0.05) is 0 Å². The number of ether oxygens (including phenoxy) is 1. The van der Waals surface area contributed by atoms with E-state index in [2.05, 4.69) is 33.9 Å². The Balaban J connectivity index is 2.11. The average molecular weight is 264 g/mol. The van der Waals surface area contributed by atoms with Gasteiger partial charge in [-0.05, 0) is 40.3 Å². The van der Waals surface area contributed by atoms with Crippen molar-refractivity contribution < 1.29 is 4.74 Å². The lowest BCUT2D eigenvalue weighted by molar-refractivity contribution is 0.272. The van der Waals surface area contributed by atoms with Crippen molar-refractivity contribution in [1.82, 2.24) is 14.9 Å². The van der Waals surface area contributed by atoms with Crippen LogP contribution in [0.15, 0.2) is 6.07 Å². The van der Waals surface area contributed by atoms with Crippen LogP contribution in [0, 0.1) is 6.92 Å². The Bertz CT molecular complexity index is 422. The summed E-state index contributed by atoms with van der Waals surface area (Å²) in [5.74, 6) is 1.45. The average Bonchev–Trinajstić information content (AvgIpc) is 2.63. The van der Waals surface area contributed by atoms with Gasteiger partial charge in [0.2, 0.25) is 11.8 Å². The monoisotopic (exact) mass is 264 g/mol. The van der Waals surface area contributed by atoms with E-state index in [9.17, 15) is 0 Å². The molecule has 0 saturated carbocycles. The SMILES string of the molecule is COc1cc(C)nc(N2CCC[C@H](N(C)C)CC2)n1. The van der Waals surface area contributed by atoms with E-state index in [0.717, 1.165) is 31.2 Å². The number of hydrogen-bond donors (Lipinski definition) is 0. The van der Waals surface area contributed by atoms with Crippen LogP contribution in [0.4, 0.5) is 5.95 Å². The summed E-state index contributed by atoms with van der Waals surface area (Å²) in [5.41, 5.74) is 0.954. The summed E-state index contributed by atoms with van der Waals surface area (Å²) < 4.78 is 5.23.